The smallest absolute Gasteiger partial charge is 0.407 e. The lowest BCUT2D eigenvalue weighted by molar-refractivity contribution is -0.146. The molecule has 5 rings (SSSR count). The molecule has 1 amide bonds. The molecule has 196 valence electrons. The molecule has 0 heterocycles. The van der Waals surface area contributed by atoms with Gasteiger partial charge in [-0.2, -0.15) is 0 Å². The molecule has 0 fully saturated rings. The number of fused-ring (bicyclic) bond motifs is 3. The van der Waals surface area contributed by atoms with Crippen molar-refractivity contribution in [1.29, 1.82) is 0 Å². The highest BCUT2D eigenvalue weighted by Gasteiger charge is 2.30. The largest absolute Gasteiger partial charge is 0.449 e. The molecule has 0 aliphatic heterocycles. The lowest BCUT2D eigenvalue weighted by Gasteiger charge is -2.18. The summed E-state index contributed by atoms with van der Waals surface area (Å²) in [4.78, 5) is 31.4. The molecule has 6 nitrogen and oxygen atoms in total. The van der Waals surface area contributed by atoms with Gasteiger partial charge >= 0.3 is 12.1 Å². The fourth-order valence-electron chi connectivity index (χ4n) is 4.94. The molecule has 0 radical (unpaired) electrons. The summed E-state index contributed by atoms with van der Waals surface area (Å²) in [6.45, 7) is 2.09. The highest BCUT2D eigenvalue weighted by atomic mass is 16.7. The van der Waals surface area contributed by atoms with Crippen LogP contribution in [0.25, 0.3) is 11.1 Å². The van der Waals surface area contributed by atoms with Crippen LogP contribution in [-0.4, -0.2) is 30.4 Å². The van der Waals surface area contributed by atoms with Crippen molar-refractivity contribution < 1.29 is 19.2 Å². The molecule has 0 spiro atoms. The van der Waals surface area contributed by atoms with Crippen molar-refractivity contribution in [1.82, 2.24) is 5.32 Å². The molecule has 0 unspecified atom stereocenters. The molecule has 1 aliphatic carbocycles. The van der Waals surface area contributed by atoms with E-state index in [1.807, 2.05) is 91.9 Å². The average Bonchev–Trinajstić information content (AvgIpc) is 3.30. The van der Waals surface area contributed by atoms with Crippen LogP contribution in [0.2, 0.25) is 0 Å². The fraction of sp³-hybridized carbons (Fsp3) is 0.182. The van der Waals surface area contributed by atoms with Gasteiger partial charge < -0.3 is 14.9 Å². The maximum Gasteiger partial charge on any atom is 0.407 e. The highest BCUT2D eigenvalue weighted by molar-refractivity contribution is 6.00. The van der Waals surface area contributed by atoms with Crippen molar-refractivity contribution >= 4 is 17.8 Å². The number of hydrogen-bond donors (Lipinski definition) is 1. The maximum absolute atomic E-state index is 13.1. The van der Waals surface area contributed by atoms with Crippen LogP contribution >= 0.6 is 0 Å². The summed E-state index contributed by atoms with van der Waals surface area (Å²) in [7, 11) is 0. The second kappa shape index (κ2) is 12.2. The van der Waals surface area contributed by atoms with E-state index >= 15 is 0 Å². The molecule has 6 heteroatoms. The van der Waals surface area contributed by atoms with Crippen molar-refractivity contribution in [2.24, 2.45) is 5.16 Å². The lowest BCUT2D eigenvalue weighted by Crippen LogP contribution is -2.43. The molecule has 1 N–H and O–H groups in total. The lowest BCUT2D eigenvalue weighted by atomic mass is 9.98. The summed E-state index contributed by atoms with van der Waals surface area (Å²) in [6.07, 6.45) is 0.143. The molecule has 1 atom stereocenters. The number of nitrogens with zero attached hydrogens (tertiary/aromatic N) is 1. The van der Waals surface area contributed by atoms with E-state index in [9.17, 15) is 9.59 Å². The van der Waals surface area contributed by atoms with Crippen LogP contribution in [0.1, 0.15) is 41.5 Å². The Balaban J connectivity index is 1.29. The van der Waals surface area contributed by atoms with E-state index in [-0.39, 0.29) is 18.9 Å². The first-order valence-corrected chi connectivity index (χ1v) is 13.1. The Morgan fingerprint density at radius 3 is 1.97 bits per heavy atom. The van der Waals surface area contributed by atoms with Gasteiger partial charge in [0.05, 0.1) is 5.71 Å². The van der Waals surface area contributed by atoms with E-state index in [0.717, 1.165) is 33.4 Å². The van der Waals surface area contributed by atoms with Crippen molar-refractivity contribution in [3.63, 3.8) is 0 Å². The molecular weight excluding hydrogens is 488 g/mol. The minimum atomic E-state index is -0.972. The van der Waals surface area contributed by atoms with Crippen LogP contribution in [-0.2, 0) is 20.8 Å². The molecule has 0 saturated heterocycles. The predicted molar refractivity (Wildman–Crippen MR) is 152 cm³/mol. The SMILES string of the molecule is CC/C(=N\OC(=O)[C@H](Cc1ccccc1)NC(=O)OCC1c2ccccc2-c2ccccc21)c1ccccc1. The Bertz CT molecular complexity index is 1420. The number of carbonyl (C=O) groups is 2. The summed E-state index contributed by atoms with van der Waals surface area (Å²) in [5, 5.41) is 6.83. The van der Waals surface area contributed by atoms with E-state index in [2.05, 4.69) is 34.7 Å². The van der Waals surface area contributed by atoms with Crippen LogP contribution in [0.3, 0.4) is 0 Å². The monoisotopic (exact) mass is 518 g/mol. The standard InChI is InChI=1S/C33H30N2O4/c1-2-30(24-15-7-4-8-16-24)35-39-32(36)31(21-23-13-5-3-6-14-23)34-33(37)38-22-29-27-19-11-9-17-25(27)26-18-10-12-20-28(26)29/h3-20,29,31H,2,21-22H2,1H3,(H,34,37)/b35-30+/t31-/m0/s1. The number of oxime groups is 1. The highest BCUT2D eigenvalue weighted by Crippen LogP contribution is 2.44. The first-order chi connectivity index (χ1) is 19.1. The van der Waals surface area contributed by atoms with Crippen molar-refractivity contribution in [2.45, 2.75) is 31.7 Å². The number of benzene rings is 4. The number of alkyl carbamates (subject to hydrolysis) is 1. The third-order valence-electron chi connectivity index (χ3n) is 6.89. The number of nitrogens with one attached hydrogen (secondary N) is 1. The number of ether oxygens (including phenoxy) is 1. The van der Waals surface area contributed by atoms with Gasteiger partial charge in [0.1, 0.15) is 12.6 Å². The van der Waals surface area contributed by atoms with Crippen molar-refractivity contribution in [2.75, 3.05) is 6.61 Å². The van der Waals surface area contributed by atoms with Crippen LogP contribution in [0, 0.1) is 0 Å². The van der Waals surface area contributed by atoms with Crippen LogP contribution in [0.5, 0.6) is 0 Å². The molecular formula is C33H30N2O4. The molecule has 1 aliphatic rings. The Labute approximate surface area is 228 Å². The Kier molecular flexibility index (Phi) is 8.12. The quantitative estimate of drug-likeness (QED) is 0.156. The van der Waals surface area contributed by atoms with E-state index in [1.165, 1.54) is 0 Å². The van der Waals surface area contributed by atoms with Gasteiger partial charge in [-0.1, -0.05) is 121 Å². The second-order valence-corrected chi connectivity index (χ2v) is 9.38. The van der Waals surface area contributed by atoms with E-state index in [1.54, 1.807) is 0 Å². The number of rotatable bonds is 9. The summed E-state index contributed by atoms with van der Waals surface area (Å²) >= 11 is 0. The normalized spacial score (nSPS) is 13.2. The van der Waals surface area contributed by atoms with Gasteiger partial charge in [-0.25, -0.2) is 9.59 Å². The minimum absolute atomic E-state index is 0.0785. The van der Waals surface area contributed by atoms with Gasteiger partial charge in [-0.3, -0.25) is 0 Å². The van der Waals surface area contributed by atoms with Gasteiger partial charge in [0, 0.05) is 12.3 Å². The molecule has 39 heavy (non-hydrogen) atoms. The fourth-order valence-corrected chi connectivity index (χ4v) is 4.94. The van der Waals surface area contributed by atoms with E-state index in [4.69, 9.17) is 9.57 Å². The zero-order valence-corrected chi connectivity index (χ0v) is 21.7. The number of amides is 1. The second-order valence-electron chi connectivity index (χ2n) is 9.38. The zero-order chi connectivity index (χ0) is 27.0. The third kappa shape index (κ3) is 6.07. The van der Waals surface area contributed by atoms with Crippen LogP contribution in [0.15, 0.2) is 114 Å². The van der Waals surface area contributed by atoms with Gasteiger partial charge in [0.2, 0.25) is 0 Å². The first-order valence-electron chi connectivity index (χ1n) is 13.1. The van der Waals surface area contributed by atoms with E-state index in [0.29, 0.717) is 12.1 Å². The topological polar surface area (TPSA) is 77.0 Å². The summed E-state index contributed by atoms with van der Waals surface area (Å²) in [5.74, 6) is -0.737. The van der Waals surface area contributed by atoms with E-state index < -0.39 is 18.1 Å². The summed E-state index contributed by atoms with van der Waals surface area (Å²) in [6, 6.07) is 34.3. The Morgan fingerprint density at radius 1 is 0.795 bits per heavy atom. The molecule has 0 bridgehead atoms. The Hall–Kier alpha value is -4.71. The first kappa shape index (κ1) is 25.9. The Morgan fingerprint density at radius 2 is 1.36 bits per heavy atom. The molecule has 4 aromatic carbocycles. The summed E-state index contributed by atoms with van der Waals surface area (Å²) in [5.41, 5.74) is 6.93. The van der Waals surface area contributed by atoms with Gasteiger partial charge in [-0.15, -0.1) is 0 Å². The average molecular weight is 519 g/mol. The molecule has 0 saturated carbocycles. The number of hydrogen-bond acceptors (Lipinski definition) is 5. The number of carbonyl (C=O) groups excluding carboxylic acids is 2. The van der Waals surface area contributed by atoms with Gasteiger partial charge in [0.15, 0.2) is 0 Å². The molecule has 0 aromatic heterocycles. The zero-order valence-electron chi connectivity index (χ0n) is 21.7. The third-order valence-corrected chi connectivity index (χ3v) is 6.89. The van der Waals surface area contributed by atoms with Crippen molar-refractivity contribution in [3.8, 4) is 11.1 Å². The summed E-state index contributed by atoms with van der Waals surface area (Å²) < 4.78 is 5.68. The predicted octanol–water partition coefficient (Wildman–Crippen LogP) is 6.49. The van der Waals surface area contributed by atoms with Crippen LogP contribution in [0.4, 0.5) is 4.79 Å². The minimum Gasteiger partial charge on any atom is -0.449 e. The maximum atomic E-state index is 13.1. The van der Waals surface area contributed by atoms with Crippen LogP contribution < -0.4 is 5.32 Å². The van der Waals surface area contributed by atoms with Crippen molar-refractivity contribution in [3.05, 3.63) is 131 Å². The van der Waals surface area contributed by atoms with Gasteiger partial charge in [0.25, 0.3) is 0 Å². The molecule has 4 aromatic rings. The van der Waals surface area contributed by atoms with Gasteiger partial charge in [-0.05, 0) is 39.8 Å².